The van der Waals surface area contributed by atoms with Gasteiger partial charge in [-0.3, -0.25) is 9.67 Å². The summed E-state index contributed by atoms with van der Waals surface area (Å²) in [4.78, 5) is 20.2. The minimum absolute atomic E-state index is 0.381. The maximum Gasteiger partial charge on any atom is 0.251 e. The quantitative estimate of drug-likeness (QED) is 0.426. The molecule has 0 bridgehead atoms. The van der Waals surface area contributed by atoms with Crippen LogP contribution >= 0.6 is 0 Å². The molecular weight excluding hydrogens is 412 g/mol. The zero-order chi connectivity index (χ0) is 23.4. The summed E-state index contributed by atoms with van der Waals surface area (Å²) >= 11 is 0. The molecule has 1 aliphatic carbocycles. The molecule has 1 aromatic carbocycles. The Morgan fingerprint density at radius 3 is 2.91 bits per heavy atom. The number of hydrogen-bond acceptors (Lipinski definition) is 6. The summed E-state index contributed by atoms with van der Waals surface area (Å²) in [6.45, 7) is 3.76. The summed E-state index contributed by atoms with van der Waals surface area (Å²) in [5, 5.41) is 4.80. The van der Waals surface area contributed by atoms with Crippen molar-refractivity contribution in [3.8, 4) is 11.3 Å². The van der Waals surface area contributed by atoms with E-state index in [1.54, 1.807) is 6.21 Å². The number of aryl methyl sites for hydroxylation is 4. The number of fused-ring (bicyclic) bond motifs is 3. The molecule has 2 N–H and O–H groups in total. The first-order chi connectivity index (χ1) is 15.9. The van der Waals surface area contributed by atoms with Crippen LogP contribution in [0.15, 0.2) is 40.4 Å². The molecule has 2 aromatic heterocycles. The Balaban J connectivity index is 1.59. The fourth-order valence-corrected chi connectivity index (χ4v) is 4.07. The zero-order valence-corrected chi connectivity index (χ0v) is 19.9. The van der Waals surface area contributed by atoms with Crippen LogP contribution in [0.4, 0.5) is 5.95 Å². The molecule has 0 radical (unpaired) electrons. The second kappa shape index (κ2) is 10.0. The molecule has 0 amide bonds. The Labute approximate surface area is 195 Å². The van der Waals surface area contributed by atoms with Crippen LogP contribution in [0.25, 0.3) is 11.3 Å². The van der Waals surface area contributed by atoms with Crippen LogP contribution in [-0.4, -0.2) is 63.9 Å². The summed E-state index contributed by atoms with van der Waals surface area (Å²) in [6.07, 6.45) is 6.73. The van der Waals surface area contributed by atoms with E-state index in [-0.39, 0.29) is 0 Å². The van der Waals surface area contributed by atoms with Gasteiger partial charge in [0.25, 0.3) is 5.95 Å². The average Bonchev–Trinajstić information content (AvgIpc) is 3.08. The van der Waals surface area contributed by atoms with Crippen LogP contribution in [-0.2, 0) is 26.3 Å². The number of aliphatic imine (C=N–C) groups is 2. The van der Waals surface area contributed by atoms with Crippen LogP contribution in [0.3, 0.4) is 0 Å². The Hall–Kier alpha value is -3.39. The van der Waals surface area contributed by atoms with E-state index < -0.39 is 0 Å². The van der Waals surface area contributed by atoms with Gasteiger partial charge in [-0.1, -0.05) is 29.8 Å². The Bertz CT molecular complexity index is 1190. The van der Waals surface area contributed by atoms with E-state index in [1.165, 1.54) is 11.1 Å². The first-order valence-corrected chi connectivity index (χ1v) is 11.3. The summed E-state index contributed by atoms with van der Waals surface area (Å²) in [5.41, 5.74) is 14.0. The van der Waals surface area contributed by atoms with Crippen LogP contribution in [0.5, 0.6) is 0 Å². The number of hydrogen-bond donors (Lipinski definition) is 1. The highest BCUT2D eigenvalue weighted by Crippen LogP contribution is 2.36. The van der Waals surface area contributed by atoms with E-state index in [0.29, 0.717) is 18.2 Å². The maximum atomic E-state index is 6.12. The summed E-state index contributed by atoms with van der Waals surface area (Å²) in [6, 6.07) is 8.60. The molecule has 0 saturated carbocycles. The summed E-state index contributed by atoms with van der Waals surface area (Å²) < 4.78 is 1.99. The van der Waals surface area contributed by atoms with Gasteiger partial charge >= 0.3 is 0 Å². The third kappa shape index (κ3) is 5.51. The molecular formula is C25H32N8. The largest absolute Gasteiger partial charge is 0.387 e. The minimum atomic E-state index is 0.381. The highest BCUT2D eigenvalue weighted by Gasteiger charge is 2.26. The third-order valence-electron chi connectivity index (χ3n) is 5.76. The number of likely N-dealkylation sites (N-methyl/N-ethyl adjacent to an activating group) is 1. The molecule has 33 heavy (non-hydrogen) atoms. The fourth-order valence-electron chi connectivity index (χ4n) is 4.07. The SMILES string of the molecule is Cc1cccc(Cc2c3c(nn2C)CCc2cnc(N=C(N)CC=NCCN(C)C)nc2-3)c1. The van der Waals surface area contributed by atoms with Crippen molar-refractivity contribution in [2.24, 2.45) is 22.8 Å². The first-order valence-electron chi connectivity index (χ1n) is 11.3. The van der Waals surface area contributed by atoms with Gasteiger partial charge < -0.3 is 10.6 Å². The predicted octanol–water partition coefficient (Wildman–Crippen LogP) is 2.89. The second-order valence-electron chi connectivity index (χ2n) is 8.80. The topological polar surface area (TPSA) is 97.6 Å². The zero-order valence-electron chi connectivity index (χ0n) is 19.9. The van der Waals surface area contributed by atoms with Crippen molar-refractivity contribution in [3.63, 3.8) is 0 Å². The maximum absolute atomic E-state index is 6.12. The highest BCUT2D eigenvalue weighted by atomic mass is 15.3. The van der Waals surface area contributed by atoms with Crippen LogP contribution in [0.1, 0.15) is 34.5 Å². The van der Waals surface area contributed by atoms with Gasteiger partial charge in [0.1, 0.15) is 5.84 Å². The fraction of sp³-hybridized carbons (Fsp3) is 0.400. The molecule has 0 spiro atoms. The molecule has 1 aliphatic rings. The molecule has 4 rings (SSSR count). The van der Waals surface area contributed by atoms with Crippen molar-refractivity contribution in [3.05, 3.63) is 58.5 Å². The summed E-state index contributed by atoms with van der Waals surface area (Å²) in [5.74, 6) is 0.830. The number of rotatable bonds is 8. The molecule has 2 heterocycles. The van der Waals surface area contributed by atoms with E-state index in [2.05, 4.69) is 51.1 Å². The van der Waals surface area contributed by atoms with Crippen molar-refractivity contribution in [1.29, 1.82) is 0 Å². The lowest BCUT2D eigenvalue weighted by Gasteiger charge is -2.16. The number of benzene rings is 1. The van der Waals surface area contributed by atoms with Crippen molar-refractivity contribution in [1.82, 2.24) is 24.6 Å². The van der Waals surface area contributed by atoms with Gasteiger partial charge in [0.05, 0.1) is 23.6 Å². The van der Waals surface area contributed by atoms with E-state index in [0.717, 1.165) is 60.6 Å². The van der Waals surface area contributed by atoms with Crippen molar-refractivity contribution in [2.45, 2.75) is 32.6 Å². The monoisotopic (exact) mass is 444 g/mol. The van der Waals surface area contributed by atoms with Gasteiger partial charge in [0, 0.05) is 44.4 Å². The smallest absolute Gasteiger partial charge is 0.251 e. The molecule has 0 fully saturated rings. The van der Waals surface area contributed by atoms with Crippen molar-refractivity contribution >= 4 is 18.0 Å². The van der Waals surface area contributed by atoms with Crippen LogP contribution in [0, 0.1) is 6.92 Å². The first kappa shape index (κ1) is 22.8. The number of nitrogens with zero attached hydrogens (tertiary/aromatic N) is 7. The van der Waals surface area contributed by atoms with Crippen molar-refractivity contribution < 1.29 is 0 Å². The molecule has 0 aliphatic heterocycles. The highest BCUT2D eigenvalue weighted by molar-refractivity contribution is 5.93. The van der Waals surface area contributed by atoms with Gasteiger partial charge in [-0.15, -0.1) is 0 Å². The predicted molar refractivity (Wildman–Crippen MR) is 133 cm³/mol. The molecule has 0 saturated heterocycles. The lowest BCUT2D eigenvalue weighted by molar-refractivity contribution is 0.421. The molecule has 8 nitrogen and oxygen atoms in total. The minimum Gasteiger partial charge on any atom is -0.387 e. The normalized spacial score (nSPS) is 13.5. The van der Waals surface area contributed by atoms with E-state index in [1.807, 2.05) is 32.0 Å². The summed E-state index contributed by atoms with van der Waals surface area (Å²) in [7, 11) is 6.06. The van der Waals surface area contributed by atoms with Gasteiger partial charge in [0.2, 0.25) is 0 Å². The molecule has 0 atom stereocenters. The molecule has 3 aromatic rings. The third-order valence-corrected chi connectivity index (χ3v) is 5.76. The number of nitrogens with two attached hydrogens (primary N) is 1. The molecule has 8 heteroatoms. The van der Waals surface area contributed by atoms with E-state index in [4.69, 9.17) is 15.8 Å². The average molecular weight is 445 g/mol. The van der Waals surface area contributed by atoms with Gasteiger partial charge in [0.15, 0.2) is 0 Å². The van der Waals surface area contributed by atoms with Crippen LogP contribution in [0.2, 0.25) is 0 Å². The Morgan fingerprint density at radius 1 is 1.27 bits per heavy atom. The number of amidine groups is 1. The Kier molecular flexibility index (Phi) is 6.93. The van der Waals surface area contributed by atoms with Crippen molar-refractivity contribution in [2.75, 3.05) is 27.2 Å². The Morgan fingerprint density at radius 2 is 2.12 bits per heavy atom. The van der Waals surface area contributed by atoms with E-state index in [9.17, 15) is 0 Å². The van der Waals surface area contributed by atoms with Crippen LogP contribution < -0.4 is 5.73 Å². The lowest BCUT2D eigenvalue weighted by atomic mass is 9.91. The molecule has 0 unspecified atom stereocenters. The van der Waals surface area contributed by atoms with Gasteiger partial charge in [-0.2, -0.15) is 10.1 Å². The molecule has 172 valence electrons. The van der Waals surface area contributed by atoms with Gasteiger partial charge in [-0.05, 0) is 45.0 Å². The second-order valence-corrected chi connectivity index (χ2v) is 8.80. The lowest BCUT2D eigenvalue weighted by Crippen LogP contribution is -2.16. The standard InChI is InChI=1S/C25H32N8/c1-17-6-5-7-18(14-17)15-21-23-20(31-33(21)4)9-8-19-16-28-25(30-24(19)23)29-22(26)10-11-27-12-13-32(2)3/h5-7,11,14,16H,8-10,12-13,15H2,1-4H3,(H2,26,28,29,30). The van der Waals surface area contributed by atoms with E-state index >= 15 is 0 Å². The number of aromatic nitrogens is 4. The van der Waals surface area contributed by atoms with Gasteiger partial charge in [-0.25, -0.2) is 9.97 Å².